The lowest BCUT2D eigenvalue weighted by Gasteiger charge is -2.19. The number of ether oxygens (including phenoxy) is 2. The maximum absolute atomic E-state index is 12.2. The number of fused-ring (bicyclic) bond motifs is 1. The van der Waals surface area contributed by atoms with Crippen LogP contribution in [-0.2, 0) is 0 Å². The molecule has 116 valence electrons. The van der Waals surface area contributed by atoms with Gasteiger partial charge in [-0.1, -0.05) is 13.8 Å². The van der Waals surface area contributed by atoms with Crippen LogP contribution in [0.1, 0.15) is 30.6 Å². The number of nitrogens with two attached hydrogens (primary N) is 1. The number of amides is 1. The lowest BCUT2D eigenvalue weighted by atomic mass is 10.1. The number of likely N-dealkylation sites (N-methyl/N-ethyl adjacent to an activating group) is 1. The zero-order chi connectivity index (χ0) is 15.2. The summed E-state index contributed by atoms with van der Waals surface area (Å²) in [4.78, 5) is 14.5. The third-order valence-electron chi connectivity index (χ3n) is 3.49. The van der Waals surface area contributed by atoms with Crippen molar-refractivity contribution in [3.05, 3.63) is 17.7 Å². The van der Waals surface area contributed by atoms with Gasteiger partial charge in [0, 0.05) is 24.8 Å². The first-order valence-corrected chi connectivity index (χ1v) is 7.35. The molecule has 6 heteroatoms. The van der Waals surface area contributed by atoms with Crippen LogP contribution in [0, 0.1) is 0 Å². The number of carbonyl (C=O) groups is 1. The summed E-state index contributed by atoms with van der Waals surface area (Å²) in [5.41, 5.74) is 6.72. The Hall–Kier alpha value is -1.95. The lowest BCUT2D eigenvalue weighted by Crippen LogP contribution is -2.35. The molecule has 0 radical (unpaired) electrons. The van der Waals surface area contributed by atoms with Crippen LogP contribution in [0.5, 0.6) is 11.5 Å². The Morgan fingerprint density at radius 3 is 2.67 bits per heavy atom. The number of anilines is 1. The molecule has 2 rings (SSSR count). The van der Waals surface area contributed by atoms with Crippen LogP contribution < -0.4 is 20.5 Å². The highest BCUT2D eigenvalue weighted by atomic mass is 16.7. The van der Waals surface area contributed by atoms with Crippen molar-refractivity contribution >= 4 is 11.6 Å². The largest absolute Gasteiger partial charge is 0.454 e. The van der Waals surface area contributed by atoms with E-state index < -0.39 is 0 Å². The summed E-state index contributed by atoms with van der Waals surface area (Å²) in [6.45, 7) is 7.89. The second-order valence-corrected chi connectivity index (χ2v) is 4.98. The molecule has 21 heavy (non-hydrogen) atoms. The molecular formula is C15H23N3O3. The molecule has 6 nitrogen and oxygen atoms in total. The maximum atomic E-state index is 12.2. The molecule has 0 saturated heterocycles. The minimum atomic E-state index is -0.182. The Kier molecular flexibility index (Phi) is 5.27. The average molecular weight is 293 g/mol. The van der Waals surface area contributed by atoms with E-state index in [1.165, 1.54) is 0 Å². The topological polar surface area (TPSA) is 76.8 Å². The number of carbonyl (C=O) groups excluding carboxylic acids is 1. The predicted octanol–water partition coefficient (Wildman–Crippen LogP) is 1.46. The van der Waals surface area contributed by atoms with Gasteiger partial charge in [0.25, 0.3) is 5.91 Å². The normalized spacial score (nSPS) is 12.7. The summed E-state index contributed by atoms with van der Waals surface area (Å²) < 4.78 is 10.5. The van der Waals surface area contributed by atoms with E-state index >= 15 is 0 Å². The summed E-state index contributed by atoms with van der Waals surface area (Å²) in [7, 11) is 0. The number of rotatable bonds is 7. The van der Waals surface area contributed by atoms with Gasteiger partial charge >= 0.3 is 0 Å². The molecule has 0 bridgehead atoms. The zero-order valence-electron chi connectivity index (χ0n) is 12.6. The molecule has 0 unspecified atom stereocenters. The first kappa shape index (κ1) is 15.4. The zero-order valence-corrected chi connectivity index (χ0v) is 12.6. The van der Waals surface area contributed by atoms with E-state index in [1.807, 2.05) is 0 Å². The number of nitrogens with zero attached hydrogens (tertiary/aromatic N) is 1. The van der Waals surface area contributed by atoms with Crippen LogP contribution in [0.4, 0.5) is 5.69 Å². The number of nitrogens with one attached hydrogen (secondary N) is 1. The van der Waals surface area contributed by atoms with Crippen molar-refractivity contribution in [2.75, 3.05) is 38.7 Å². The predicted molar refractivity (Wildman–Crippen MR) is 81.7 cm³/mol. The van der Waals surface area contributed by atoms with Gasteiger partial charge in [0.05, 0.1) is 5.56 Å². The van der Waals surface area contributed by atoms with Crippen molar-refractivity contribution in [2.45, 2.75) is 20.3 Å². The molecule has 0 saturated carbocycles. The van der Waals surface area contributed by atoms with Crippen LogP contribution >= 0.6 is 0 Å². The third-order valence-corrected chi connectivity index (χ3v) is 3.49. The lowest BCUT2D eigenvalue weighted by molar-refractivity contribution is 0.0949. The second kappa shape index (κ2) is 7.17. The summed E-state index contributed by atoms with van der Waals surface area (Å²) in [6, 6.07) is 3.27. The molecule has 1 aromatic rings. The maximum Gasteiger partial charge on any atom is 0.253 e. The van der Waals surface area contributed by atoms with Gasteiger partial charge in [0.15, 0.2) is 11.5 Å². The van der Waals surface area contributed by atoms with Crippen molar-refractivity contribution in [3.8, 4) is 11.5 Å². The Labute approximate surface area is 125 Å². The second-order valence-electron chi connectivity index (χ2n) is 4.98. The van der Waals surface area contributed by atoms with Crippen molar-refractivity contribution in [2.24, 2.45) is 0 Å². The standard InChI is InChI=1S/C15H23N3O3/c1-3-6-18(4-2)7-5-17-15(19)11-8-13-14(9-12(11)16)21-10-20-13/h8-9H,3-7,10,16H2,1-2H3,(H,17,19). The molecule has 1 aromatic carbocycles. The molecule has 0 atom stereocenters. The molecule has 0 aromatic heterocycles. The van der Waals surface area contributed by atoms with Crippen LogP contribution in [0.25, 0.3) is 0 Å². The van der Waals surface area contributed by atoms with Gasteiger partial charge in [-0.3, -0.25) is 4.79 Å². The van der Waals surface area contributed by atoms with E-state index in [1.54, 1.807) is 12.1 Å². The SMILES string of the molecule is CCCN(CC)CCNC(=O)c1cc2c(cc1N)OCO2. The van der Waals surface area contributed by atoms with Crippen molar-refractivity contribution in [1.82, 2.24) is 10.2 Å². The Morgan fingerprint density at radius 1 is 1.29 bits per heavy atom. The first-order valence-electron chi connectivity index (χ1n) is 7.35. The molecule has 1 amide bonds. The Morgan fingerprint density at radius 2 is 2.00 bits per heavy atom. The van der Waals surface area contributed by atoms with Gasteiger partial charge in [-0.05, 0) is 25.6 Å². The molecule has 1 heterocycles. The van der Waals surface area contributed by atoms with Crippen LogP contribution in [0.3, 0.4) is 0 Å². The monoisotopic (exact) mass is 293 g/mol. The summed E-state index contributed by atoms with van der Waals surface area (Å²) in [5.74, 6) is 0.970. The molecule has 1 aliphatic heterocycles. The van der Waals surface area contributed by atoms with E-state index in [2.05, 4.69) is 24.1 Å². The number of benzene rings is 1. The Balaban J connectivity index is 1.92. The van der Waals surface area contributed by atoms with Crippen molar-refractivity contribution < 1.29 is 14.3 Å². The first-order chi connectivity index (χ1) is 10.2. The summed E-state index contributed by atoms with van der Waals surface area (Å²) in [5, 5.41) is 2.90. The minimum absolute atomic E-state index is 0.169. The third kappa shape index (κ3) is 3.78. The number of hydrogen-bond donors (Lipinski definition) is 2. The molecule has 3 N–H and O–H groups in total. The fourth-order valence-electron chi connectivity index (χ4n) is 2.32. The Bertz CT molecular complexity index is 505. The highest BCUT2D eigenvalue weighted by Crippen LogP contribution is 2.35. The van der Waals surface area contributed by atoms with Gasteiger partial charge in [-0.25, -0.2) is 0 Å². The number of hydrogen-bond acceptors (Lipinski definition) is 5. The van der Waals surface area contributed by atoms with E-state index in [4.69, 9.17) is 15.2 Å². The molecule has 1 aliphatic rings. The minimum Gasteiger partial charge on any atom is -0.454 e. The van der Waals surface area contributed by atoms with Gasteiger partial charge in [-0.2, -0.15) is 0 Å². The molecule has 0 spiro atoms. The van der Waals surface area contributed by atoms with E-state index in [9.17, 15) is 4.79 Å². The summed E-state index contributed by atoms with van der Waals surface area (Å²) >= 11 is 0. The van der Waals surface area contributed by atoms with Gasteiger partial charge in [-0.15, -0.1) is 0 Å². The quantitative estimate of drug-likeness (QED) is 0.744. The fraction of sp³-hybridized carbons (Fsp3) is 0.533. The summed E-state index contributed by atoms with van der Waals surface area (Å²) in [6.07, 6.45) is 1.11. The highest BCUT2D eigenvalue weighted by Gasteiger charge is 2.19. The van der Waals surface area contributed by atoms with E-state index in [0.717, 1.165) is 26.1 Å². The average Bonchev–Trinajstić information content (AvgIpc) is 2.92. The van der Waals surface area contributed by atoms with E-state index in [-0.39, 0.29) is 12.7 Å². The molecular weight excluding hydrogens is 270 g/mol. The molecule has 0 fully saturated rings. The van der Waals surface area contributed by atoms with Crippen LogP contribution in [0.15, 0.2) is 12.1 Å². The van der Waals surface area contributed by atoms with Crippen LogP contribution in [0.2, 0.25) is 0 Å². The van der Waals surface area contributed by atoms with Gasteiger partial charge < -0.3 is 25.4 Å². The van der Waals surface area contributed by atoms with Crippen molar-refractivity contribution in [1.29, 1.82) is 0 Å². The van der Waals surface area contributed by atoms with E-state index in [0.29, 0.717) is 29.3 Å². The fourth-order valence-corrected chi connectivity index (χ4v) is 2.32. The van der Waals surface area contributed by atoms with Crippen molar-refractivity contribution in [3.63, 3.8) is 0 Å². The smallest absolute Gasteiger partial charge is 0.253 e. The van der Waals surface area contributed by atoms with Gasteiger partial charge in [0.1, 0.15) is 0 Å². The number of nitrogen functional groups attached to an aromatic ring is 1. The highest BCUT2D eigenvalue weighted by molar-refractivity contribution is 6.00. The van der Waals surface area contributed by atoms with Crippen LogP contribution in [-0.4, -0.2) is 43.8 Å². The molecule has 0 aliphatic carbocycles. The van der Waals surface area contributed by atoms with Gasteiger partial charge in [0.2, 0.25) is 6.79 Å².